The molecule has 0 saturated heterocycles. The number of aryl methyl sites for hydroxylation is 1. The molecule has 6 N–H and O–H groups in total. The number of rotatable bonds is 20. The Morgan fingerprint density at radius 1 is 0.871 bits per heavy atom. The number of methoxy groups -OCH3 is 1. The standard InChI is InChI=1S/C52H59N2O8/c1-4-36-14-15-37-9-5-8-12-43(37)44(36)27-45-38(16-18-47(58)51(45)61-3)25-39(21-34-19-20-54-31-34)48(59)28-50(60)52(32-55,40-22-35(30-53-2)23-41(56)26-40)29-33-13-17-46(57)49(24-33)62-42-10-6-7-11-42/h5,8-9,12-20,22-24,26,31,39,42,48,53,55-59H,4,6-7,10-11,21,25,27-30,32H2,1-3H3/q-1/t39-,48+,52-/m0/s1. The molecule has 1 aliphatic carbocycles. The third-order valence-corrected chi connectivity index (χ3v) is 12.8. The Hall–Kier alpha value is -5.81. The number of phenols is 3. The van der Waals surface area contributed by atoms with Crippen LogP contribution in [-0.4, -0.2) is 64.3 Å². The minimum atomic E-state index is -1.59. The first kappa shape index (κ1) is 44.3. The Kier molecular flexibility index (Phi) is 14.2. The largest absolute Gasteiger partial charge is 0.670 e. The number of aliphatic hydroxyl groups excluding tert-OH is 2. The van der Waals surface area contributed by atoms with Crippen molar-refractivity contribution >= 4 is 16.6 Å². The Morgan fingerprint density at radius 2 is 1.65 bits per heavy atom. The van der Waals surface area contributed by atoms with Gasteiger partial charge in [-0.15, -0.1) is 0 Å². The number of Topliss-reactive ketones (excluding diaryl/α,β-unsaturated/α-hetero) is 1. The fraction of sp³-hybridized carbons (Fsp3) is 0.365. The third kappa shape index (κ3) is 9.78. The van der Waals surface area contributed by atoms with E-state index in [0.717, 1.165) is 70.7 Å². The van der Waals surface area contributed by atoms with E-state index in [4.69, 9.17) is 9.47 Å². The number of aromatic nitrogens is 1. The molecule has 6 aromatic rings. The van der Waals surface area contributed by atoms with E-state index in [1.165, 1.54) is 11.6 Å². The van der Waals surface area contributed by atoms with Crippen LogP contribution in [0, 0.1) is 5.92 Å². The molecule has 10 nitrogen and oxygen atoms in total. The molecule has 0 amide bonds. The fourth-order valence-electron chi connectivity index (χ4n) is 9.44. The number of nitrogens with zero attached hydrogens (tertiary/aromatic N) is 1. The molecule has 62 heavy (non-hydrogen) atoms. The number of ether oxygens (including phenoxy) is 2. The molecular formula is C52H59N2O8-. The quantitative estimate of drug-likeness (QED) is 0.0444. The van der Waals surface area contributed by atoms with Gasteiger partial charge in [0.2, 0.25) is 0 Å². The van der Waals surface area contributed by atoms with Crippen molar-refractivity contribution in [2.45, 2.75) is 95.3 Å². The van der Waals surface area contributed by atoms with Crippen LogP contribution in [0.15, 0.2) is 103 Å². The second kappa shape index (κ2) is 19.9. The number of hydrogen-bond donors (Lipinski definition) is 6. The summed E-state index contributed by atoms with van der Waals surface area (Å²) >= 11 is 0. The van der Waals surface area contributed by atoms with Crippen molar-refractivity contribution in [1.29, 1.82) is 0 Å². The van der Waals surface area contributed by atoms with Crippen molar-refractivity contribution in [1.82, 2.24) is 10.3 Å². The van der Waals surface area contributed by atoms with E-state index >= 15 is 4.79 Å². The molecule has 0 bridgehead atoms. The maximum absolute atomic E-state index is 15.2. The number of aromatic hydroxyl groups is 3. The van der Waals surface area contributed by atoms with E-state index < -0.39 is 29.8 Å². The summed E-state index contributed by atoms with van der Waals surface area (Å²) in [4.78, 5) is 19.5. The van der Waals surface area contributed by atoms with E-state index in [1.54, 1.807) is 56.9 Å². The maximum atomic E-state index is 15.2. The number of carbonyl (C=O) groups excluding carboxylic acids is 1. The van der Waals surface area contributed by atoms with Crippen LogP contribution >= 0.6 is 0 Å². The molecule has 0 radical (unpaired) electrons. The lowest BCUT2D eigenvalue weighted by Crippen LogP contribution is -2.44. The number of ketones is 1. The summed E-state index contributed by atoms with van der Waals surface area (Å²) < 4.78 is 12.1. The van der Waals surface area contributed by atoms with Crippen molar-refractivity contribution in [3.05, 3.63) is 148 Å². The number of fused-ring (bicyclic) bond motifs is 1. The normalized spacial score (nSPS) is 15.0. The molecule has 3 atom stereocenters. The maximum Gasteiger partial charge on any atom is 0.164 e. The van der Waals surface area contributed by atoms with E-state index in [-0.39, 0.29) is 36.2 Å². The Bertz CT molecular complexity index is 2460. The lowest BCUT2D eigenvalue weighted by molar-refractivity contribution is -0.129. The highest BCUT2D eigenvalue weighted by Crippen LogP contribution is 2.41. The molecule has 326 valence electrons. The molecule has 0 unspecified atom stereocenters. The molecule has 1 aliphatic rings. The number of carbonyl (C=O) groups is 1. The molecule has 7 rings (SSSR count). The third-order valence-electron chi connectivity index (χ3n) is 12.8. The average Bonchev–Trinajstić information content (AvgIpc) is 3.99. The molecule has 1 aromatic heterocycles. The van der Waals surface area contributed by atoms with Gasteiger partial charge in [0, 0.05) is 24.9 Å². The van der Waals surface area contributed by atoms with Crippen molar-refractivity contribution in [3.63, 3.8) is 0 Å². The number of nitrogens with one attached hydrogen (secondary N) is 1. The van der Waals surface area contributed by atoms with Gasteiger partial charge in [0.25, 0.3) is 0 Å². The predicted molar refractivity (Wildman–Crippen MR) is 241 cm³/mol. The van der Waals surface area contributed by atoms with Crippen LogP contribution in [0.4, 0.5) is 0 Å². The van der Waals surface area contributed by atoms with Crippen LogP contribution < -0.4 is 19.8 Å². The number of hydrogen-bond acceptors (Lipinski definition) is 9. The van der Waals surface area contributed by atoms with Gasteiger partial charge in [-0.1, -0.05) is 73.2 Å². The molecule has 1 fully saturated rings. The van der Waals surface area contributed by atoms with Gasteiger partial charge in [-0.25, -0.2) is 0 Å². The number of phenolic OH excluding ortho intramolecular Hbond substituents is 3. The van der Waals surface area contributed by atoms with Gasteiger partial charge < -0.3 is 45.3 Å². The highest BCUT2D eigenvalue weighted by molar-refractivity contribution is 5.91. The molecule has 10 heteroatoms. The zero-order valence-electron chi connectivity index (χ0n) is 35.9. The van der Waals surface area contributed by atoms with E-state index in [2.05, 4.69) is 41.5 Å². The second-order valence-corrected chi connectivity index (χ2v) is 16.9. The van der Waals surface area contributed by atoms with E-state index in [1.807, 2.05) is 30.3 Å². The number of aliphatic hydroxyl groups is 2. The summed E-state index contributed by atoms with van der Waals surface area (Å²) in [6, 6.07) is 27.8. The number of benzene rings is 5. The first-order chi connectivity index (χ1) is 30.0. The van der Waals surface area contributed by atoms with Crippen molar-refractivity contribution < 1.29 is 39.8 Å². The van der Waals surface area contributed by atoms with E-state index in [9.17, 15) is 25.5 Å². The minimum absolute atomic E-state index is 0.00731. The summed E-state index contributed by atoms with van der Waals surface area (Å²) in [6.45, 7) is 1.92. The fourth-order valence-corrected chi connectivity index (χ4v) is 9.44. The minimum Gasteiger partial charge on any atom is -0.670 e. The molecule has 1 heterocycles. The summed E-state index contributed by atoms with van der Waals surface area (Å²) in [5.41, 5.74) is 5.06. The summed E-state index contributed by atoms with van der Waals surface area (Å²) in [7, 11) is 3.33. The molecule has 5 aromatic carbocycles. The monoisotopic (exact) mass is 839 g/mol. The Balaban J connectivity index is 1.26. The summed E-state index contributed by atoms with van der Waals surface area (Å²) in [5, 5.41) is 62.1. The highest BCUT2D eigenvalue weighted by Gasteiger charge is 2.42. The molecule has 1 saturated carbocycles. The Labute approximate surface area is 364 Å². The summed E-state index contributed by atoms with van der Waals surface area (Å²) in [5.74, 6) is -0.275. The van der Waals surface area contributed by atoms with Crippen LogP contribution in [0.25, 0.3) is 10.8 Å². The Morgan fingerprint density at radius 3 is 2.37 bits per heavy atom. The van der Waals surface area contributed by atoms with Crippen LogP contribution in [-0.2, 0) is 48.9 Å². The lowest BCUT2D eigenvalue weighted by Gasteiger charge is -2.34. The van der Waals surface area contributed by atoms with Crippen LogP contribution in [0.3, 0.4) is 0 Å². The van der Waals surface area contributed by atoms with Gasteiger partial charge in [0.1, 0.15) is 11.5 Å². The second-order valence-electron chi connectivity index (χ2n) is 16.9. The molecule has 0 spiro atoms. The SMILES string of the molecule is CCc1ccc2ccccc2c1Cc1c(C[C@H](Cc2cc[n-]c2)[C@H](O)CC(=O)[C@](CO)(Cc2ccc(O)c(OC3CCCC3)c2)c2cc(O)cc(CNC)c2)ccc(O)c1OC. The topological polar surface area (TPSA) is 163 Å². The van der Waals surface area contributed by atoms with Gasteiger partial charge in [-0.3, -0.25) is 4.79 Å². The average molecular weight is 840 g/mol. The zero-order chi connectivity index (χ0) is 43.8. The molecule has 0 aliphatic heterocycles. The van der Waals surface area contributed by atoms with Gasteiger partial charge in [0.05, 0.1) is 31.3 Å². The van der Waals surface area contributed by atoms with Crippen LogP contribution in [0.2, 0.25) is 0 Å². The van der Waals surface area contributed by atoms with Gasteiger partial charge in [-0.05, 0) is 139 Å². The first-order valence-corrected chi connectivity index (χ1v) is 21.8. The lowest BCUT2D eigenvalue weighted by atomic mass is 9.70. The van der Waals surface area contributed by atoms with Crippen molar-refractivity contribution in [3.8, 4) is 28.7 Å². The van der Waals surface area contributed by atoms with Gasteiger partial charge in [-0.2, -0.15) is 12.4 Å². The highest BCUT2D eigenvalue weighted by atomic mass is 16.5. The van der Waals surface area contributed by atoms with Crippen molar-refractivity contribution in [2.24, 2.45) is 5.92 Å². The zero-order valence-corrected chi connectivity index (χ0v) is 35.9. The summed E-state index contributed by atoms with van der Waals surface area (Å²) in [6.07, 6.45) is 7.86. The van der Waals surface area contributed by atoms with Crippen LogP contribution in [0.1, 0.15) is 83.5 Å². The first-order valence-electron chi connectivity index (χ1n) is 21.8. The van der Waals surface area contributed by atoms with Gasteiger partial charge in [0.15, 0.2) is 23.0 Å². The van der Waals surface area contributed by atoms with E-state index in [0.29, 0.717) is 48.4 Å². The van der Waals surface area contributed by atoms with Crippen molar-refractivity contribution in [2.75, 3.05) is 20.8 Å². The predicted octanol–water partition coefficient (Wildman–Crippen LogP) is 8.01. The molecular weight excluding hydrogens is 781 g/mol. The van der Waals surface area contributed by atoms with Gasteiger partial charge >= 0.3 is 0 Å². The smallest absolute Gasteiger partial charge is 0.164 e. The van der Waals surface area contributed by atoms with Crippen LogP contribution in [0.5, 0.6) is 28.7 Å².